The van der Waals surface area contributed by atoms with Crippen LogP contribution < -0.4 is 5.73 Å². The minimum atomic E-state index is -4.25. The van der Waals surface area contributed by atoms with Crippen LogP contribution in [0.4, 0.5) is 0 Å². The van der Waals surface area contributed by atoms with Crippen LogP contribution in [0.15, 0.2) is 28.4 Å². The van der Waals surface area contributed by atoms with Crippen LogP contribution in [-0.4, -0.2) is 54.2 Å². The zero-order valence-electron chi connectivity index (χ0n) is 10.6. The number of aliphatic imine (C=N–C) groups is 1. The molecule has 1 aliphatic heterocycles. The average molecular weight is 299 g/mol. The monoisotopic (exact) mass is 299 g/mol. The average Bonchev–Trinajstić information content (AvgIpc) is 2.63. The molecule has 1 aliphatic carbocycles. The molecule has 9 heteroatoms. The zero-order chi connectivity index (χ0) is 15.1. The number of nitrogens with zero attached hydrogens (tertiary/aromatic N) is 2. The number of primary amides is 1. The fraction of sp³-hybridized carbons (Fsp3) is 0.364. The Morgan fingerprint density at radius 1 is 1.55 bits per heavy atom. The Kier molecular flexibility index (Phi) is 3.48. The smallest absolute Gasteiger partial charge is 0.286 e. The van der Waals surface area contributed by atoms with Crippen molar-refractivity contribution in [3.05, 3.63) is 23.4 Å². The molecule has 0 aromatic rings. The van der Waals surface area contributed by atoms with Gasteiger partial charge in [0.05, 0.1) is 0 Å². The standard InChI is InChI=1S/C11H13N3O5S/c1-14-8-4-9(15)7(13-5-10(12)16)2-6(8)3-11(14)20(17,18)19/h2,4,11H,3,5H2,1H3,(H2,12,16)(H,17,18,19). The van der Waals surface area contributed by atoms with Gasteiger partial charge in [-0.1, -0.05) is 0 Å². The van der Waals surface area contributed by atoms with Gasteiger partial charge in [0.1, 0.15) is 12.3 Å². The molecule has 0 aromatic heterocycles. The van der Waals surface area contributed by atoms with E-state index in [4.69, 9.17) is 10.3 Å². The second kappa shape index (κ2) is 4.84. The maximum atomic E-state index is 11.8. The van der Waals surface area contributed by atoms with E-state index in [-0.39, 0.29) is 18.7 Å². The first-order valence-electron chi connectivity index (χ1n) is 5.69. The van der Waals surface area contributed by atoms with Gasteiger partial charge in [0.15, 0.2) is 5.37 Å². The van der Waals surface area contributed by atoms with E-state index in [1.807, 2.05) is 0 Å². The molecule has 1 unspecified atom stereocenters. The predicted molar refractivity (Wildman–Crippen MR) is 70.4 cm³/mol. The normalized spacial score (nSPS) is 24.5. The third kappa shape index (κ3) is 2.63. The largest absolute Gasteiger partial charge is 0.368 e. The minimum absolute atomic E-state index is 0.0457. The predicted octanol–water partition coefficient (Wildman–Crippen LogP) is -1.14. The topological polar surface area (TPSA) is 130 Å². The number of likely N-dealkylation sites (tertiary alicyclic amines) is 1. The summed E-state index contributed by atoms with van der Waals surface area (Å²) in [6.45, 7) is -0.314. The van der Waals surface area contributed by atoms with Gasteiger partial charge in [0, 0.05) is 25.2 Å². The molecule has 1 fully saturated rings. The summed E-state index contributed by atoms with van der Waals surface area (Å²) in [5.41, 5.74) is 5.99. The third-order valence-corrected chi connectivity index (χ3v) is 4.29. The van der Waals surface area contributed by atoms with Gasteiger partial charge in [0.25, 0.3) is 10.1 Å². The summed E-state index contributed by atoms with van der Waals surface area (Å²) < 4.78 is 31.6. The highest BCUT2D eigenvalue weighted by molar-refractivity contribution is 7.86. The van der Waals surface area contributed by atoms with Crippen LogP contribution >= 0.6 is 0 Å². The fourth-order valence-corrected chi connectivity index (χ4v) is 3.07. The number of allylic oxidation sites excluding steroid dienone is 3. The van der Waals surface area contributed by atoms with Crippen molar-refractivity contribution in [1.82, 2.24) is 4.90 Å². The number of fused-ring (bicyclic) bond motifs is 1. The zero-order valence-corrected chi connectivity index (χ0v) is 11.4. The molecule has 1 atom stereocenters. The number of nitrogens with two attached hydrogens (primary N) is 1. The van der Waals surface area contributed by atoms with Crippen molar-refractivity contribution in [2.75, 3.05) is 13.6 Å². The number of carbonyl (C=O) groups is 2. The van der Waals surface area contributed by atoms with Gasteiger partial charge < -0.3 is 10.6 Å². The maximum absolute atomic E-state index is 11.8. The van der Waals surface area contributed by atoms with Gasteiger partial charge in [-0.15, -0.1) is 0 Å². The lowest BCUT2D eigenvalue weighted by molar-refractivity contribution is -0.116. The Morgan fingerprint density at radius 2 is 2.20 bits per heavy atom. The van der Waals surface area contributed by atoms with Crippen LogP contribution in [0.25, 0.3) is 0 Å². The van der Waals surface area contributed by atoms with Crippen LogP contribution in [0.3, 0.4) is 0 Å². The Morgan fingerprint density at radius 3 is 2.75 bits per heavy atom. The molecule has 108 valence electrons. The van der Waals surface area contributed by atoms with Crippen LogP contribution in [0, 0.1) is 0 Å². The molecule has 1 heterocycles. The Bertz CT molecular complexity index is 674. The van der Waals surface area contributed by atoms with E-state index in [1.165, 1.54) is 24.1 Å². The van der Waals surface area contributed by atoms with E-state index in [1.54, 1.807) is 0 Å². The first-order valence-corrected chi connectivity index (χ1v) is 7.19. The lowest BCUT2D eigenvalue weighted by Gasteiger charge is -2.20. The molecule has 3 N–H and O–H groups in total. The van der Waals surface area contributed by atoms with Crippen LogP contribution in [-0.2, 0) is 19.7 Å². The molecule has 0 bridgehead atoms. The number of ketones is 1. The van der Waals surface area contributed by atoms with Crippen LogP contribution in [0.5, 0.6) is 0 Å². The van der Waals surface area contributed by atoms with Crippen molar-refractivity contribution >= 4 is 27.5 Å². The van der Waals surface area contributed by atoms with E-state index in [9.17, 15) is 18.0 Å². The molecule has 20 heavy (non-hydrogen) atoms. The highest BCUT2D eigenvalue weighted by Crippen LogP contribution is 2.35. The van der Waals surface area contributed by atoms with Crippen molar-refractivity contribution in [2.24, 2.45) is 10.7 Å². The lowest BCUT2D eigenvalue weighted by atomic mass is 10.0. The molecule has 2 rings (SSSR count). The fourth-order valence-electron chi connectivity index (χ4n) is 2.16. The number of amides is 1. The first-order chi connectivity index (χ1) is 9.20. The first kappa shape index (κ1) is 14.4. The molecule has 0 saturated carbocycles. The van der Waals surface area contributed by atoms with Crippen LogP contribution in [0.1, 0.15) is 6.42 Å². The van der Waals surface area contributed by atoms with Gasteiger partial charge >= 0.3 is 0 Å². The highest BCUT2D eigenvalue weighted by Gasteiger charge is 2.39. The van der Waals surface area contributed by atoms with E-state index in [0.29, 0.717) is 11.3 Å². The van der Waals surface area contributed by atoms with Crippen molar-refractivity contribution < 1.29 is 22.6 Å². The van der Waals surface area contributed by atoms with E-state index >= 15 is 0 Å². The molecule has 0 radical (unpaired) electrons. The van der Waals surface area contributed by atoms with Gasteiger partial charge in [-0.3, -0.25) is 19.1 Å². The van der Waals surface area contributed by atoms with Crippen molar-refractivity contribution in [3.63, 3.8) is 0 Å². The summed E-state index contributed by atoms with van der Waals surface area (Å²) in [5.74, 6) is -1.11. The van der Waals surface area contributed by atoms with E-state index in [2.05, 4.69) is 4.99 Å². The molecule has 2 aliphatic rings. The number of carbonyl (C=O) groups excluding carboxylic acids is 2. The summed E-state index contributed by atoms with van der Waals surface area (Å²) in [6, 6.07) is 0. The summed E-state index contributed by atoms with van der Waals surface area (Å²) in [5, 5.41) is -1.12. The van der Waals surface area contributed by atoms with Gasteiger partial charge in [-0.25, -0.2) is 0 Å². The van der Waals surface area contributed by atoms with Gasteiger partial charge in [0.2, 0.25) is 11.7 Å². The summed E-state index contributed by atoms with van der Waals surface area (Å²) >= 11 is 0. The van der Waals surface area contributed by atoms with Crippen molar-refractivity contribution in [1.29, 1.82) is 0 Å². The van der Waals surface area contributed by atoms with Crippen molar-refractivity contribution in [2.45, 2.75) is 11.8 Å². The Labute approximate surface area is 115 Å². The van der Waals surface area contributed by atoms with Crippen LogP contribution in [0.2, 0.25) is 0 Å². The van der Waals surface area contributed by atoms with E-state index < -0.39 is 27.2 Å². The molecule has 0 aromatic carbocycles. The highest BCUT2D eigenvalue weighted by atomic mass is 32.2. The Balaban J connectivity index is 2.36. The Hall–Kier alpha value is -2.00. The maximum Gasteiger partial charge on any atom is 0.286 e. The molecular formula is C11H13N3O5S. The molecular weight excluding hydrogens is 286 g/mol. The summed E-state index contributed by atoms with van der Waals surface area (Å²) in [4.78, 5) is 27.6. The SMILES string of the molecule is CN1C2=CC(=O)C(=NCC(N)=O)C=C2CC1S(=O)(=O)O. The second-order valence-electron chi connectivity index (χ2n) is 4.52. The number of likely N-dealkylation sites (N-methyl/N-ethyl adjacent to an activating group) is 1. The molecule has 8 nitrogen and oxygen atoms in total. The molecule has 1 amide bonds. The van der Waals surface area contributed by atoms with Gasteiger partial charge in [-0.2, -0.15) is 8.42 Å². The number of rotatable bonds is 3. The van der Waals surface area contributed by atoms with Crippen molar-refractivity contribution in [3.8, 4) is 0 Å². The summed E-state index contributed by atoms with van der Waals surface area (Å²) in [6.07, 6.45) is 2.70. The number of hydrogen-bond acceptors (Lipinski definition) is 6. The number of hydrogen-bond donors (Lipinski definition) is 2. The molecule has 0 spiro atoms. The van der Waals surface area contributed by atoms with E-state index in [0.717, 1.165) is 0 Å². The van der Waals surface area contributed by atoms with Gasteiger partial charge in [-0.05, 0) is 11.6 Å². The lowest BCUT2D eigenvalue weighted by Crippen LogP contribution is -2.32. The minimum Gasteiger partial charge on any atom is -0.368 e. The summed E-state index contributed by atoms with van der Waals surface area (Å²) in [7, 11) is -2.78. The third-order valence-electron chi connectivity index (χ3n) is 3.12. The quantitative estimate of drug-likeness (QED) is 0.500. The second-order valence-corrected chi connectivity index (χ2v) is 6.09. The molecule has 1 saturated heterocycles.